The van der Waals surface area contributed by atoms with Gasteiger partial charge in [-0.2, -0.15) is 0 Å². The highest BCUT2D eigenvalue weighted by Crippen LogP contribution is 2.27. The van der Waals surface area contributed by atoms with Crippen molar-refractivity contribution in [2.45, 2.75) is 18.9 Å². The van der Waals surface area contributed by atoms with Gasteiger partial charge < -0.3 is 10.0 Å². The Morgan fingerprint density at radius 1 is 0.952 bits per heavy atom. The van der Waals surface area contributed by atoms with Gasteiger partial charge in [0, 0.05) is 6.54 Å². The quantitative estimate of drug-likeness (QED) is 0.517. The number of hydrogen-bond donors (Lipinski definition) is 1. The minimum Gasteiger partial charge on any atom is -0.480 e. The van der Waals surface area contributed by atoms with Gasteiger partial charge >= 0.3 is 5.97 Å². The number of rotatable bonds is 2. The molecule has 1 aliphatic rings. The lowest BCUT2D eigenvalue weighted by molar-refractivity contribution is -0.141. The van der Waals surface area contributed by atoms with E-state index in [9.17, 15) is 31.5 Å². The van der Waals surface area contributed by atoms with Crippen LogP contribution in [0.5, 0.6) is 0 Å². The molecule has 1 aliphatic heterocycles. The van der Waals surface area contributed by atoms with Crippen molar-refractivity contribution in [2.75, 3.05) is 6.54 Å². The van der Waals surface area contributed by atoms with E-state index in [4.69, 9.17) is 5.11 Å². The molecule has 0 aromatic heterocycles. The number of amides is 1. The van der Waals surface area contributed by atoms with E-state index in [0.717, 1.165) is 0 Å². The van der Waals surface area contributed by atoms with E-state index in [1.165, 1.54) is 0 Å². The van der Waals surface area contributed by atoms with Crippen LogP contribution in [-0.2, 0) is 4.79 Å². The number of carboxylic acids is 1. The van der Waals surface area contributed by atoms with Crippen molar-refractivity contribution >= 4 is 11.9 Å². The van der Waals surface area contributed by atoms with Crippen LogP contribution in [0.15, 0.2) is 0 Å². The summed E-state index contributed by atoms with van der Waals surface area (Å²) in [5.41, 5.74) is -1.64. The molecule has 1 heterocycles. The molecule has 9 heteroatoms. The Morgan fingerprint density at radius 2 is 1.43 bits per heavy atom. The number of benzene rings is 1. The fourth-order valence-corrected chi connectivity index (χ4v) is 2.20. The number of aliphatic carboxylic acids is 1. The largest absolute Gasteiger partial charge is 0.480 e. The maximum absolute atomic E-state index is 13.5. The smallest absolute Gasteiger partial charge is 0.326 e. The fourth-order valence-electron chi connectivity index (χ4n) is 2.20. The zero-order valence-electron chi connectivity index (χ0n) is 10.3. The number of carbonyl (C=O) groups is 2. The topological polar surface area (TPSA) is 57.6 Å². The molecule has 1 aromatic rings. The summed E-state index contributed by atoms with van der Waals surface area (Å²) in [6.07, 6.45) is 0.286. The van der Waals surface area contributed by atoms with Crippen LogP contribution in [0.4, 0.5) is 22.0 Å². The average Bonchev–Trinajstić information content (AvgIpc) is 2.92. The van der Waals surface area contributed by atoms with Crippen molar-refractivity contribution in [1.29, 1.82) is 0 Å². The molecule has 2 rings (SSSR count). The average molecular weight is 309 g/mol. The molecule has 0 aliphatic carbocycles. The lowest BCUT2D eigenvalue weighted by Crippen LogP contribution is -2.41. The maximum Gasteiger partial charge on any atom is 0.326 e. The summed E-state index contributed by atoms with van der Waals surface area (Å²) in [6, 6.07) is -1.35. The summed E-state index contributed by atoms with van der Waals surface area (Å²) in [4.78, 5) is 23.4. The summed E-state index contributed by atoms with van der Waals surface area (Å²) < 4.78 is 66.0. The van der Waals surface area contributed by atoms with Crippen LogP contribution in [0, 0.1) is 29.1 Å². The highest BCUT2D eigenvalue weighted by molar-refractivity contribution is 5.97. The molecule has 1 aromatic carbocycles. The molecule has 114 valence electrons. The van der Waals surface area contributed by atoms with E-state index in [0.29, 0.717) is 4.90 Å². The monoisotopic (exact) mass is 309 g/mol. The first-order chi connectivity index (χ1) is 9.77. The Morgan fingerprint density at radius 3 is 1.90 bits per heavy atom. The lowest BCUT2D eigenvalue weighted by Gasteiger charge is -2.22. The van der Waals surface area contributed by atoms with Gasteiger partial charge in [0.2, 0.25) is 5.82 Å². The van der Waals surface area contributed by atoms with Gasteiger partial charge in [0.1, 0.15) is 11.6 Å². The fraction of sp³-hybridized carbons (Fsp3) is 0.333. The molecule has 0 unspecified atom stereocenters. The Labute approximate surface area is 114 Å². The molecule has 1 amide bonds. The van der Waals surface area contributed by atoms with E-state index in [-0.39, 0.29) is 19.4 Å². The standard InChI is InChI=1S/C12H8F5NO3/c13-6-5(7(14)9(16)10(17)8(6)15)11(19)18-3-1-2-4(18)12(20)21/h4H,1-3H2,(H,20,21)/t4-/m1/s1. The number of carboxylic acid groups (broad SMARTS) is 1. The molecular weight excluding hydrogens is 301 g/mol. The Bertz CT molecular complexity index is 605. The van der Waals surface area contributed by atoms with Gasteiger partial charge in [-0.15, -0.1) is 0 Å². The number of halogens is 5. The first-order valence-corrected chi connectivity index (χ1v) is 5.82. The minimum atomic E-state index is -2.38. The van der Waals surface area contributed by atoms with Gasteiger partial charge in [-0.05, 0) is 12.8 Å². The third kappa shape index (κ3) is 2.32. The van der Waals surface area contributed by atoms with Gasteiger partial charge in [0.15, 0.2) is 23.3 Å². The van der Waals surface area contributed by atoms with Gasteiger partial charge in [-0.1, -0.05) is 0 Å². The van der Waals surface area contributed by atoms with Crippen LogP contribution in [0.25, 0.3) is 0 Å². The van der Waals surface area contributed by atoms with Gasteiger partial charge in [-0.25, -0.2) is 26.7 Å². The number of carbonyl (C=O) groups excluding carboxylic acids is 1. The first-order valence-electron chi connectivity index (χ1n) is 5.82. The molecule has 0 saturated carbocycles. The summed E-state index contributed by atoms with van der Waals surface area (Å²) in [5.74, 6) is -14.4. The second-order valence-corrected chi connectivity index (χ2v) is 4.44. The minimum absolute atomic E-state index is 0.0382. The van der Waals surface area contributed by atoms with Crippen molar-refractivity contribution < 1.29 is 36.6 Å². The van der Waals surface area contributed by atoms with Gasteiger partial charge in [-0.3, -0.25) is 4.79 Å². The van der Waals surface area contributed by atoms with Crippen LogP contribution >= 0.6 is 0 Å². The summed E-state index contributed by atoms with van der Waals surface area (Å²) >= 11 is 0. The normalized spacial score (nSPS) is 18.1. The number of hydrogen-bond acceptors (Lipinski definition) is 2. The van der Waals surface area contributed by atoms with E-state index >= 15 is 0 Å². The third-order valence-corrected chi connectivity index (χ3v) is 3.22. The molecule has 1 atom stereocenters. The molecule has 4 nitrogen and oxygen atoms in total. The molecule has 1 fully saturated rings. The highest BCUT2D eigenvalue weighted by atomic mass is 19.2. The SMILES string of the molecule is O=C(O)[C@H]1CCCN1C(=O)c1c(F)c(F)c(F)c(F)c1F. The van der Waals surface area contributed by atoms with E-state index in [1.807, 2.05) is 0 Å². The van der Waals surface area contributed by atoms with E-state index in [1.54, 1.807) is 0 Å². The number of nitrogens with zero attached hydrogens (tertiary/aromatic N) is 1. The molecule has 1 N–H and O–H groups in total. The molecule has 21 heavy (non-hydrogen) atoms. The van der Waals surface area contributed by atoms with Gasteiger partial charge in [0.05, 0.1) is 0 Å². The van der Waals surface area contributed by atoms with Crippen LogP contribution in [0.3, 0.4) is 0 Å². The second-order valence-electron chi connectivity index (χ2n) is 4.44. The van der Waals surface area contributed by atoms with Crippen LogP contribution < -0.4 is 0 Å². The highest BCUT2D eigenvalue weighted by Gasteiger charge is 2.39. The molecule has 0 spiro atoms. The summed E-state index contributed by atoms with van der Waals surface area (Å²) in [7, 11) is 0. The number of likely N-dealkylation sites (tertiary alicyclic amines) is 1. The van der Waals surface area contributed by atoms with Crippen molar-refractivity contribution in [3.8, 4) is 0 Å². The Hall–Kier alpha value is -2.19. The third-order valence-electron chi connectivity index (χ3n) is 3.22. The van der Waals surface area contributed by atoms with Gasteiger partial charge in [0.25, 0.3) is 5.91 Å². The lowest BCUT2D eigenvalue weighted by atomic mass is 10.1. The molecule has 0 radical (unpaired) electrons. The summed E-state index contributed by atoms with van der Waals surface area (Å²) in [6.45, 7) is -0.144. The van der Waals surface area contributed by atoms with Crippen molar-refractivity contribution in [3.05, 3.63) is 34.6 Å². The predicted molar refractivity (Wildman–Crippen MR) is 57.9 cm³/mol. The van der Waals surface area contributed by atoms with Crippen LogP contribution in [-0.4, -0.2) is 34.5 Å². The Balaban J connectivity index is 2.52. The molecule has 1 saturated heterocycles. The van der Waals surface area contributed by atoms with Crippen LogP contribution in [0.2, 0.25) is 0 Å². The maximum atomic E-state index is 13.5. The first kappa shape index (κ1) is 15.2. The van der Waals surface area contributed by atoms with Crippen molar-refractivity contribution in [2.24, 2.45) is 0 Å². The Kier molecular flexibility index (Phi) is 3.84. The summed E-state index contributed by atoms with van der Waals surface area (Å²) in [5, 5.41) is 8.88. The van der Waals surface area contributed by atoms with Crippen molar-refractivity contribution in [3.63, 3.8) is 0 Å². The molecular formula is C12H8F5NO3. The zero-order chi connectivity index (χ0) is 15.9. The van der Waals surface area contributed by atoms with Crippen LogP contribution in [0.1, 0.15) is 23.2 Å². The molecule has 0 bridgehead atoms. The second kappa shape index (κ2) is 5.30. The zero-order valence-corrected chi connectivity index (χ0v) is 10.3. The van der Waals surface area contributed by atoms with Crippen molar-refractivity contribution in [1.82, 2.24) is 4.90 Å². The van der Waals surface area contributed by atoms with E-state index < -0.39 is 52.6 Å². The predicted octanol–water partition coefficient (Wildman–Crippen LogP) is 2.07. The van der Waals surface area contributed by atoms with E-state index in [2.05, 4.69) is 0 Å².